The van der Waals surface area contributed by atoms with Gasteiger partial charge in [-0.05, 0) is 130 Å². The second kappa shape index (κ2) is 16.1. The third kappa shape index (κ3) is 7.77. The molecule has 3 saturated heterocycles. The van der Waals surface area contributed by atoms with Crippen molar-refractivity contribution in [1.29, 1.82) is 0 Å². The van der Waals surface area contributed by atoms with E-state index < -0.39 is 55.4 Å². The Bertz CT molecular complexity index is 1450. The number of aliphatic hydroxyl groups is 2. The summed E-state index contributed by atoms with van der Waals surface area (Å²) in [7, 11) is 0. The molecule has 0 aromatic rings. The van der Waals surface area contributed by atoms with Crippen molar-refractivity contribution in [3.63, 3.8) is 0 Å². The van der Waals surface area contributed by atoms with Gasteiger partial charge in [-0.3, -0.25) is 4.79 Å². The van der Waals surface area contributed by atoms with Gasteiger partial charge in [-0.1, -0.05) is 20.8 Å². The Balaban J connectivity index is 0.809. The van der Waals surface area contributed by atoms with Crippen molar-refractivity contribution in [3.05, 3.63) is 11.6 Å². The first-order valence-corrected chi connectivity index (χ1v) is 22.0. The summed E-state index contributed by atoms with van der Waals surface area (Å²) >= 11 is 0. The number of ether oxygens (including phenoxy) is 8. The molecule has 0 aromatic heterocycles. The lowest BCUT2D eigenvalue weighted by Gasteiger charge is -2.61. The monoisotopic (exact) mass is 788 g/mol. The minimum absolute atomic E-state index is 0.0478. The lowest BCUT2D eigenvalue weighted by molar-refractivity contribution is -0.330. The predicted octanol–water partition coefficient (Wildman–Crippen LogP) is 5.98. The fourth-order valence-electron chi connectivity index (χ4n) is 13.4. The molecule has 0 radical (unpaired) electrons. The molecule has 0 amide bonds. The van der Waals surface area contributed by atoms with E-state index in [0.29, 0.717) is 36.7 Å². The standard InChI is InChI=1S/C44H68O12/c1-22-16-37(51-24(3)41(22)55-39-20-35(53-26(5)45)40(48)23(2)50-39)56-42-25(4)52-38(19-34(42)46)54-29-12-14-43(6)28(18-29)8-9-30-32-11-10-31(27-17-36(47)49-21-27)44(32,7)15-13-33(30)43/h17,22-25,28-35,37-42,46,48H,8-16,18-21H2,1-7H3/t22-,23+,24+,25+,28+,29-,30-,31+,32+,33-,34-,35-,37+,38-,39-,40+,41?,42+,43-,44+/m0/s1. The van der Waals surface area contributed by atoms with Gasteiger partial charge in [-0.25, -0.2) is 4.79 Å². The van der Waals surface area contributed by atoms with Gasteiger partial charge in [-0.2, -0.15) is 0 Å². The zero-order valence-corrected chi connectivity index (χ0v) is 34.6. The van der Waals surface area contributed by atoms with Gasteiger partial charge >= 0.3 is 11.9 Å². The number of esters is 2. The van der Waals surface area contributed by atoms with E-state index in [4.69, 9.17) is 37.9 Å². The Kier molecular flexibility index (Phi) is 11.8. The number of cyclic esters (lactones) is 1. The van der Waals surface area contributed by atoms with Gasteiger partial charge in [0.2, 0.25) is 0 Å². The number of carbonyl (C=O) groups excluding carboxylic acids is 2. The Morgan fingerprint density at radius 2 is 1.41 bits per heavy atom. The van der Waals surface area contributed by atoms with E-state index >= 15 is 0 Å². The first-order chi connectivity index (χ1) is 26.6. The Labute approximate surface area is 333 Å². The summed E-state index contributed by atoms with van der Waals surface area (Å²) in [5, 5.41) is 21.8. The molecule has 2 N–H and O–H groups in total. The third-order valence-electron chi connectivity index (χ3n) is 16.3. The smallest absolute Gasteiger partial charge is 0.331 e. The highest BCUT2D eigenvalue weighted by Gasteiger charge is 2.61. The first-order valence-electron chi connectivity index (χ1n) is 22.0. The summed E-state index contributed by atoms with van der Waals surface area (Å²) in [6.07, 6.45) is 7.63. The van der Waals surface area contributed by atoms with Gasteiger partial charge < -0.3 is 48.1 Å². The quantitative estimate of drug-likeness (QED) is 0.220. The number of hydrogen-bond donors (Lipinski definition) is 2. The summed E-state index contributed by atoms with van der Waals surface area (Å²) < 4.78 is 48.8. The predicted molar refractivity (Wildman–Crippen MR) is 202 cm³/mol. The summed E-state index contributed by atoms with van der Waals surface area (Å²) in [6, 6.07) is 0. The summed E-state index contributed by atoms with van der Waals surface area (Å²) in [6.45, 7) is 14.6. The molecule has 0 aromatic carbocycles. The van der Waals surface area contributed by atoms with E-state index in [1.54, 1.807) is 13.0 Å². The zero-order chi connectivity index (χ0) is 39.7. The van der Waals surface area contributed by atoms with Crippen LogP contribution in [0.2, 0.25) is 0 Å². The molecule has 4 heterocycles. The molecular weight excluding hydrogens is 720 g/mol. The van der Waals surface area contributed by atoms with Crippen molar-refractivity contribution in [2.45, 2.75) is 199 Å². The maximum absolute atomic E-state index is 11.9. The zero-order valence-electron chi connectivity index (χ0n) is 34.6. The summed E-state index contributed by atoms with van der Waals surface area (Å²) in [5.41, 5.74) is 1.83. The van der Waals surface area contributed by atoms with Crippen molar-refractivity contribution < 1.29 is 57.7 Å². The number of carbonyl (C=O) groups is 2. The van der Waals surface area contributed by atoms with E-state index in [-0.39, 0.29) is 48.1 Å². The highest BCUT2D eigenvalue weighted by Crippen LogP contribution is 2.68. The minimum atomic E-state index is -0.921. The van der Waals surface area contributed by atoms with Gasteiger partial charge in [-0.15, -0.1) is 0 Å². The fraction of sp³-hybridized carbons (Fsp3) is 0.909. The van der Waals surface area contributed by atoms with Gasteiger partial charge in [0.15, 0.2) is 18.9 Å². The van der Waals surface area contributed by atoms with Crippen LogP contribution in [0.3, 0.4) is 0 Å². The van der Waals surface area contributed by atoms with E-state index in [9.17, 15) is 19.8 Å². The fourth-order valence-corrected chi connectivity index (χ4v) is 13.4. The van der Waals surface area contributed by atoms with E-state index in [1.807, 2.05) is 13.8 Å². The molecule has 8 aliphatic rings. The third-order valence-corrected chi connectivity index (χ3v) is 16.3. The lowest BCUT2D eigenvalue weighted by Crippen LogP contribution is -2.56. The van der Waals surface area contributed by atoms with Crippen molar-refractivity contribution >= 4 is 11.9 Å². The highest BCUT2D eigenvalue weighted by molar-refractivity contribution is 5.85. The lowest BCUT2D eigenvalue weighted by atomic mass is 9.44. The maximum Gasteiger partial charge on any atom is 0.331 e. The molecule has 12 nitrogen and oxygen atoms in total. The molecule has 4 saturated carbocycles. The van der Waals surface area contributed by atoms with Crippen LogP contribution in [0.4, 0.5) is 0 Å². The van der Waals surface area contributed by atoms with Gasteiger partial charge in [0, 0.05) is 32.3 Å². The van der Waals surface area contributed by atoms with Crippen LogP contribution < -0.4 is 0 Å². The largest absolute Gasteiger partial charge is 0.459 e. The number of aliphatic hydroxyl groups excluding tert-OH is 2. The maximum atomic E-state index is 11.9. The van der Waals surface area contributed by atoms with Crippen LogP contribution in [-0.2, 0) is 47.5 Å². The highest BCUT2D eigenvalue weighted by atomic mass is 16.7. The molecule has 4 aliphatic heterocycles. The van der Waals surface area contributed by atoms with Crippen LogP contribution in [0.25, 0.3) is 0 Å². The molecule has 7 fully saturated rings. The van der Waals surface area contributed by atoms with Crippen molar-refractivity contribution in [3.8, 4) is 0 Å². The van der Waals surface area contributed by atoms with Gasteiger partial charge in [0.1, 0.15) is 24.9 Å². The van der Waals surface area contributed by atoms with Crippen molar-refractivity contribution in [1.82, 2.24) is 0 Å². The normalized spacial score (nSPS) is 51.9. The first kappa shape index (κ1) is 41.1. The van der Waals surface area contributed by atoms with Crippen molar-refractivity contribution in [2.75, 3.05) is 6.61 Å². The van der Waals surface area contributed by atoms with Crippen LogP contribution >= 0.6 is 0 Å². The number of fused-ring (bicyclic) bond motifs is 5. The molecular formula is C44H68O12. The molecule has 316 valence electrons. The van der Waals surface area contributed by atoms with Crippen LogP contribution in [0, 0.1) is 46.3 Å². The minimum Gasteiger partial charge on any atom is -0.459 e. The average Bonchev–Trinajstić information content (AvgIpc) is 3.72. The molecule has 1 unspecified atom stereocenters. The van der Waals surface area contributed by atoms with Crippen LogP contribution in [0.5, 0.6) is 0 Å². The van der Waals surface area contributed by atoms with E-state index in [2.05, 4.69) is 20.8 Å². The average molecular weight is 789 g/mol. The Morgan fingerprint density at radius 1 is 0.750 bits per heavy atom. The Morgan fingerprint density at radius 3 is 2.11 bits per heavy atom. The summed E-state index contributed by atoms with van der Waals surface area (Å²) in [4.78, 5) is 23.5. The SMILES string of the molecule is CC(=O)O[C@H]1C[C@H](OC2[C@@H](C)C[C@@H](O[C@H]3[C@@H](O)C[C@H](O[C@H]4CC[C@@]5(C)[C@H](CC[C@H]6[C@H]7CC[C@H](C8=CC(=O)OC8)[C@@]7(C)CC[C@@H]65)C4)O[C@@H]3C)O[C@@H]2C)O[C@H](C)[C@H]1O. The van der Waals surface area contributed by atoms with Crippen LogP contribution in [0.15, 0.2) is 11.6 Å². The van der Waals surface area contributed by atoms with Crippen molar-refractivity contribution in [2.24, 2.45) is 46.3 Å². The van der Waals surface area contributed by atoms with Crippen LogP contribution in [0.1, 0.15) is 126 Å². The van der Waals surface area contributed by atoms with Crippen LogP contribution in [-0.4, -0.2) is 103 Å². The second-order valence-electron chi connectivity index (χ2n) is 19.6. The molecule has 0 spiro atoms. The number of hydrogen-bond acceptors (Lipinski definition) is 12. The molecule has 8 rings (SSSR count). The van der Waals surface area contributed by atoms with Gasteiger partial charge in [0.25, 0.3) is 0 Å². The molecule has 56 heavy (non-hydrogen) atoms. The Hall–Kier alpha value is -1.64. The van der Waals surface area contributed by atoms with Gasteiger partial charge in [0.05, 0.1) is 36.6 Å². The number of rotatable bonds is 8. The summed E-state index contributed by atoms with van der Waals surface area (Å²) in [5.74, 6) is 2.77. The molecule has 12 heteroatoms. The van der Waals surface area contributed by atoms with E-state index in [1.165, 1.54) is 57.4 Å². The molecule has 4 aliphatic carbocycles. The molecule has 20 atom stereocenters. The molecule has 0 bridgehead atoms. The van der Waals surface area contributed by atoms with E-state index in [0.717, 1.165) is 30.6 Å². The topological polar surface area (TPSA) is 148 Å². The second-order valence-corrected chi connectivity index (χ2v) is 19.6.